The van der Waals surface area contributed by atoms with Crippen LogP contribution in [0.3, 0.4) is 0 Å². The third-order valence-corrected chi connectivity index (χ3v) is 4.62. The first-order valence-corrected chi connectivity index (χ1v) is 6.58. The summed E-state index contributed by atoms with van der Waals surface area (Å²) in [5.74, 6) is 0.936. The lowest BCUT2D eigenvalue weighted by Gasteiger charge is -2.38. The van der Waals surface area contributed by atoms with E-state index >= 15 is 0 Å². The predicted molar refractivity (Wildman–Crippen MR) is 64.8 cm³/mol. The van der Waals surface area contributed by atoms with Crippen molar-refractivity contribution in [3.8, 4) is 0 Å². The Morgan fingerprint density at radius 1 is 1.27 bits per heavy atom. The molecule has 0 aromatic heterocycles. The minimum atomic E-state index is 0.403. The largest absolute Gasteiger partial charge is 0.327 e. The van der Waals surface area contributed by atoms with Crippen LogP contribution in [0.4, 0.5) is 0 Å². The highest BCUT2D eigenvalue weighted by atomic mass is 15.1. The van der Waals surface area contributed by atoms with Crippen LogP contribution >= 0.6 is 0 Å². The number of hydrogen-bond donors (Lipinski definition) is 1. The standard InChI is InChI=1S/C13H26N2/c1-11-5-8-15(9-6-11)10-13(2)7-3-4-12(13)14/h11-12H,3-10,14H2,1-2H3. The Bertz CT molecular complexity index is 209. The van der Waals surface area contributed by atoms with Gasteiger partial charge in [-0.2, -0.15) is 0 Å². The molecule has 2 unspecified atom stereocenters. The Morgan fingerprint density at radius 2 is 1.93 bits per heavy atom. The van der Waals surface area contributed by atoms with Crippen molar-refractivity contribution in [2.24, 2.45) is 17.1 Å². The average Bonchev–Trinajstić information content (AvgIpc) is 2.51. The molecule has 2 heteroatoms. The molecule has 1 heterocycles. The lowest BCUT2D eigenvalue weighted by atomic mass is 9.83. The van der Waals surface area contributed by atoms with Gasteiger partial charge >= 0.3 is 0 Å². The van der Waals surface area contributed by atoms with E-state index in [9.17, 15) is 0 Å². The number of piperidine rings is 1. The van der Waals surface area contributed by atoms with Gasteiger partial charge in [-0.15, -0.1) is 0 Å². The molecule has 0 spiro atoms. The van der Waals surface area contributed by atoms with Crippen molar-refractivity contribution in [2.75, 3.05) is 19.6 Å². The van der Waals surface area contributed by atoms with Gasteiger partial charge < -0.3 is 10.6 Å². The molecule has 1 aliphatic carbocycles. The van der Waals surface area contributed by atoms with Crippen LogP contribution in [0.2, 0.25) is 0 Å². The molecule has 88 valence electrons. The van der Waals surface area contributed by atoms with E-state index < -0.39 is 0 Å². The van der Waals surface area contributed by atoms with Gasteiger partial charge in [0, 0.05) is 12.6 Å². The number of rotatable bonds is 2. The lowest BCUT2D eigenvalue weighted by molar-refractivity contribution is 0.116. The van der Waals surface area contributed by atoms with Crippen molar-refractivity contribution < 1.29 is 0 Å². The van der Waals surface area contributed by atoms with Crippen molar-refractivity contribution in [3.63, 3.8) is 0 Å². The topological polar surface area (TPSA) is 29.3 Å². The van der Waals surface area contributed by atoms with Gasteiger partial charge in [-0.1, -0.05) is 20.3 Å². The van der Waals surface area contributed by atoms with Crippen LogP contribution in [0.5, 0.6) is 0 Å². The van der Waals surface area contributed by atoms with E-state index in [1.165, 1.54) is 51.7 Å². The number of nitrogens with two attached hydrogens (primary N) is 1. The second kappa shape index (κ2) is 4.42. The minimum Gasteiger partial charge on any atom is -0.327 e. The predicted octanol–water partition coefficient (Wildman–Crippen LogP) is 2.24. The number of nitrogens with zero attached hydrogens (tertiary/aromatic N) is 1. The van der Waals surface area contributed by atoms with Crippen LogP contribution in [0.1, 0.15) is 46.0 Å². The van der Waals surface area contributed by atoms with Gasteiger partial charge in [-0.05, 0) is 50.1 Å². The Kier molecular flexibility index (Phi) is 3.36. The summed E-state index contributed by atoms with van der Waals surface area (Å²) in [6.07, 6.45) is 6.67. The van der Waals surface area contributed by atoms with Crippen LogP contribution in [-0.4, -0.2) is 30.6 Å². The molecule has 1 saturated carbocycles. The molecule has 2 N–H and O–H groups in total. The average molecular weight is 210 g/mol. The lowest BCUT2D eigenvalue weighted by Crippen LogP contribution is -2.46. The smallest absolute Gasteiger partial charge is 0.0105 e. The molecule has 1 aliphatic heterocycles. The summed E-state index contributed by atoms with van der Waals surface area (Å²) >= 11 is 0. The van der Waals surface area contributed by atoms with Crippen LogP contribution in [0.25, 0.3) is 0 Å². The third kappa shape index (κ3) is 2.54. The summed E-state index contributed by atoms with van der Waals surface area (Å²) in [5.41, 5.74) is 6.63. The van der Waals surface area contributed by atoms with E-state index in [1.807, 2.05) is 0 Å². The SMILES string of the molecule is CC1CCN(CC2(C)CCCC2N)CC1. The van der Waals surface area contributed by atoms with E-state index in [4.69, 9.17) is 5.73 Å². The molecule has 2 rings (SSSR count). The molecule has 1 saturated heterocycles. The quantitative estimate of drug-likeness (QED) is 0.757. The summed E-state index contributed by atoms with van der Waals surface area (Å²) in [6.45, 7) is 8.59. The first kappa shape index (κ1) is 11.4. The van der Waals surface area contributed by atoms with Crippen LogP contribution in [-0.2, 0) is 0 Å². The molecule has 2 fully saturated rings. The van der Waals surface area contributed by atoms with E-state index in [1.54, 1.807) is 0 Å². The molecule has 2 aliphatic rings. The monoisotopic (exact) mass is 210 g/mol. The fourth-order valence-electron chi connectivity index (χ4n) is 3.19. The Hall–Kier alpha value is -0.0800. The molecular weight excluding hydrogens is 184 g/mol. The van der Waals surface area contributed by atoms with Gasteiger partial charge in [-0.3, -0.25) is 0 Å². The molecule has 0 aromatic rings. The molecule has 2 atom stereocenters. The Balaban J connectivity index is 1.86. The zero-order valence-corrected chi connectivity index (χ0v) is 10.3. The number of likely N-dealkylation sites (tertiary alicyclic amines) is 1. The molecule has 2 nitrogen and oxygen atoms in total. The van der Waals surface area contributed by atoms with Gasteiger partial charge in [0.25, 0.3) is 0 Å². The van der Waals surface area contributed by atoms with Crippen molar-refractivity contribution >= 4 is 0 Å². The minimum absolute atomic E-state index is 0.403. The van der Waals surface area contributed by atoms with Crippen molar-refractivity contribution in [1.29, 1.82) is 0 Å². The normalized spacial score (nSPS) is 39.8. The molecule has 0 aromatic carbocycles. The van der Waals surface area contributed by atoms with Crippen molar-refractivity contribution in [2.45, 2.75) is 52.0 Å². The fraction of sp³-hybridized carbons (Fsp3) is 1.00. The second-order valence-corrected chi connectivity index (χ2v) is 6.11. The van der Waals surface area contributed by atoms with Gasteiger partial charge in [0.1, 0.15) is 0 Å². The highest BCUT2D eigenvalue weighted by Crippen LogP contribution is 2.37. The van der Waals surface area contributed by atoms with Gasteiger partial charge in [0.05, 0.1) is 0 Å². The summed E-state index contributed by atoms with van der Waals surface area (Å²) in [4.78, 5) is 2.64. The highest BCUT2D eigenvalue weighted by molar-refractivity contribution is 4.94. The molecule has 0 radical (unpaired) electrons. The fourth-order valence-corrected chi connectivity index (χ4v) is 3.19. The summed E-state index contributed by atoms with van der Waals surface area (Å²) in [6, 6.07) is 0.442. The maximum absolute atomic E-state index is 6.23. The van der Waals surface area contributed by atoms with Gasteiger partial charge in [0.15, 0.2) is 0 Å². The second-order valence-electron chi connectivity index (χ2n) is 6.11. The highest BCUT2D eigenvalue weighted by Gasteiger charge is 2.38. The molecule has 15 heavy (non-hydrogen) atoms. The Labute approximate surface area is 94.2 Å². The number of hydrogen-bond acceptors (Lipinski definition) is 2. The molecule has 0 amide bonds. The van der Waals surface area contributed by atoms with E-state index in [0.717, 1.165) is 5.92 Å². The summed E-state index contributed by atoms with van der Waals surface area (Å²) < 4.78 is 0. The summed E-state index contributed by atoms with van der Waals surface area (Å²) in [7, 11) is 0. The van der Waals surface area contributed by atoms with Crippen LogP contribution in [0.15, 0.2) is 0 Å². The molecular formula is C13H26N2. The van der Waals surface area contributed by atoms with E-state index in [2.05, 4.69) is 18.7 Å². The zero-order valence-electron chi connectivity index (χ0n) is 10.3. The summed E-state index contributed by atoms with van der Waals surface area (Å²) in [5, 5.41) is 0. The van der Waals surface area contributed by atoms with Crippen molar-refractivity contribution in [3.05, 3.63) is 0 Å². The van der Waals surface area contributed by atoms with E-state index in [-0.39, 0.29) is 0 Å². The zero-order chi connectivity index (χ0) is 10.9. The Morgan fingerprint density at radius 3 is 2.47 bits per heavy atom. The maximum Gasteiger partial charge on any atom is 0.0105 e. The van der Waals surface area contributed by atoms with Crippen LogP contribution in [0, 0.1) is 11.3 Å². The maximum atomic E-state index is 6.23. The van der Waals surface area contributed by atoms with Gasteiger partial charge in [0.2, 0.25) is 0 Å². The van der Waals surface area contributed by atoms with Gasteiger partial charge in [-0.25, -0.2) is 0 Å². The van der Waals surface area contributed by atoms with E-state index in [0.29, 0.717) is 11.5 Å². The van der Waals surface area contributed by atoms with Crippen molar-refractivity contribution in [1.82, 2.24) is 4.90 Å². The first-order valence-electron chi connectivity index (χ1n) is 6.58. The third-order valence-electron chi connectivity index (χ3n) is 4.62. The first-order chi connectivity index (χ1) is 7.10. The van der Waals surface area contributed by atoms with Crippen LogP contribution < -0.4 is 5.73 Å². The molecule has 0 bridgehead atoms.